The molecule has 106 valence electrons. The number of hydrogen-bond acceptors (Lipinski definition) is 2. The fraction of sp³-hybridized carbons (Fsp3) is 0.294. The zero-order valence-electron chi connectivity index (χ0n) is 12.1. The lowest BCUT2D eigenvalue weighted by Gasteiger charge is -2.20. The van der Waals surface area contributed by atoms with E-state index in [0.717, 1.165) is 12.1 Å². The number of halogens is 1. The van der Waals surface area contributed by atoms with E-state index in [4.69, 9.17) is 4.74 Å². The average Bonchev–Trinajstić information content (AvgIpc) is 2.45. The van der Waals surface area contributed by atoms with Gasteiger partial charge in [0, 0.05) is 11.6 Å². The van der Waals surface area contributed by atoms with E-state index in [0.29, 0.717) is 11.3 Å². The van der Waals surface area contributed by atoms with Crippen LogP contribution in [0.4, 0.5) is 4.39 Å². The Morgan fingerprint density at radius 3 is 2.60 bits per heavy atom. The predicted octanol–water partition coefficient (Wildman–Crippen LogP) is 3.84. The molecular formula is C17H20FNO. The van der Waals surface area contributed by atoms with Crippen LogP contribution in [-0.2, 0) is 0 Å². The minimum atomic E-state index is -0.253. The molecule has 0 saturated heterocycles. The van der Waals surface area contributed by atoms with Crippen LogP contribution < -0.4 is 10.1 Å². The third-order valence-corrected chi connectivity index (χ3v) is 3.30. The Morgan fingerprint density at radius 2 is 2.00 bits per heavy atom. The van der Waals surface area contributed by atoms with Crippen LogP contribution in [-0.4, -0.2) is 13.7 Å². The molecule has 0 aliphatic heterocycles. The number of benzene rings is 2. The molecule has 2 rings (SSSR count). The first kappa shape index (κ1) is 14.5. The largest absolute Gasteiger partial charge is 0.497 e. The van der Waals surface area contributed by atoms with Crippen molar-refractivity contribution in [1.82, 2.24) is 5.32 Å². The Balaban J connectivity index is 2.43. The molecule has 2 aromatic rings. The van der Waals surface area contributed by atoms with Crippen LogP contribution in [0.2, 0.25) is 0 Å². The molecule has 0 fully saturated rings. The van der Waals surface area contributed by atoms with Crippen LogP contribution in [0, 0.1) is 12.7 Å². The van der Waals surface area contributed by atoms with E-state index in [2.05, 4.69) is 11.4 Å². The maximum absolute atomic E-state index is 14.3. The molecule has 0 spiro atoms. The van der Waals surface area contributed by atoms with Crippen molar-refractivity contribution in [3.8, 4) is 5.75 Å². The van der Waals surface area contributed by atoms with Gasteiger partial charge in [-0.3, -0.25) is 0 Å². The van der Waals surface area contributed by atoms with Crippen LogP contribution in [0.1, 0.15) is 29.7 Å². The van der Waals surface area contributed by atoms with Crippen molar-refractivity contribution in [2.75, 3.05) is 13.7 Å². The first-order valence-corrected chi connectivity index (χ1v) is 6.79. The van der Waals surface area contributed by atoms with Gasteiger partial charge in [-0.2, -0.15) is 0 Å². The topological polar surface area (TPSA) is 21.3 Å². The molecule has 2 nitrogen and oxygen atoms in total. The minimum absolute atomic E-state index is 0.147. The second-order valence-electron chi connectivity index (χ2n) is 4.79. The Bertz CT molecular complexity index is 583. The van der Waals surface area contributed by atoms with E-state index >= 15 is 0 Å². The van der Waals surface area contributed by atoms with Gasteiger partial charge in [-0.25, -0.2) is 4.39 Å². The van der Waals surface area contributed by atoms with Gasteiger partial charge in [0.05, 0.1) is 13.2 Å². The molecule has 0 aromatic heterocycles. The maximum Gasteiger partial charge on any atom is 0.132 e. The highest BCUT2D eigenvalue weighted by Crippen LogP contribution is 2.27. The normalized spacial score (nSPS) is 12.2. The lowest BCUT2D eigenvalue weighted by atomic mass is 9.96. The van der Waals surface area contributed by atoms with Crippen molar-refractivity contribution in [2.24, 2.45) is 0 Å². The first-order chi connectivity index (χ1) is 9.65. The number of ether oxygens (including phenoxy) is 1. The van der Waals surface area contributed by atoms with Crippen LogP contribution in [0.25, 0.3) is 0 Å². The molecule has 20 heavy (non-hydrogen) atoms. The quantitative estimate of drug-likeness (QED) is 0.893. The summed E-state index contributed by atoms with van der Waals surface area (Å²) in [5, 5.41) is 3.34. The summed E-state index contributed by atoms with van der Waals surface area (Å²) in [5.74, 6) is 0.280. The molecule has 1 atom stereocenters. The molecule has 2 aromatic carbocycles. The minimum Gasteiger partial charge on any atom is -0.497 e. The van der Waals surface area contributed by atoms with Gasteiger partial charge in [-0.1, -0.05) is 42.8 Å². The van der Waals surface area contributed by atoms with Crippen molar-refractivity contribution in [2.45, 2.75) is 19.9 Å². The van der Waals surface area contributed by atoms with Gasteiger partial charge in [0.15, 0.2) is 0 Å². The summed E-state index contributed by atoms with van der Waals surface area (Å²) in [6, 6.07) is 13.0. The van der Waals surface area contributed by atoms with Crippen LogP contribution >= 0.6 is 0 Å². The Labute approximate surface area is 119 Å². The van der Waals surface area contributed by atoms with Gasteiger partial charge >= 0.3 is 0 Å². The van der Waals surface area contributed by atoms with Crippen molar-refractivity contribution in [3.05, 3.63) is 65.0 Å². The van der Waals surface area contributed by atoms with E-state index < -0.39 is 0 Å². The lowest BCUT2D eigenvalue weighted by molar-refractivity contribution is 0.410. The zero-order valence-corrected chi connectivity index (χ0v) is 12.1. The molecule has 0 amide bonds. The molecule has 0 saturated carbocycles. The standard InChI is InChI=1S/C17H20FNO/c1-4-19-17(13-7-5-6-12(2)10-13)15-9-8-14(20-3)11-16(15)18/h5-11,17,19H,4H2,1-3H3. The van der Waals surface area contributed by atoms with Crippen molar-refractivity contribution < 1.29 is 9.13 Å². The second-order valence-corrected chi connectivity index (χ2v) is 4.79. The number of rotatable bonds is 5. The number of nitrogens with one attached hydrogen (secondary N) is 1. The SMILES string of the molecule is CCNC(c1cccc(C)c1)c1ccc(OC)cc1F. The summed E-state index contributed by atoms with van der Waals surface area (Å²) >= 11 is 0. The fourth-order valence-electron chi connectivity index (χ4n) is 2.33. The average molecular weight is 273 g/mol. The molecule has 0 aliphatic rings. The van der Waals surface area contributed by atoms with Crippen molar-refractivity contribution in [1.29, 1.82) is 0 Å². The summed E-state index contributed by atoms with van der Waals surface area (Å²) in [4.78, 5) is 0. The third kappa shape index (κ3) is 3.17. The number of methoxy groups -OCH3 is 1. The zero-order chi connectivity index (χ0) is 14.5. The highest BCUT2D eigenvalue weighted by atomic mass is 19.1. The second kappa shape index (κ2) is 6.53. The fourth-order valence-corrected chi connectivity index (χ4v) is 2.33. The molecule has 0 bridgehead atoms. The summed E-state index contributed by atoms with van der Waals surface area (Å²) in [6.07, 6.45) is 0. The van der Waals surface area contributed by atoms with Crippen LogP contribution in [0.15, 0.2) is 42.5 Å². The summed E-state index contributed by atoms with van der Waals surface area (Å²) in [6.45, 7) is 4.82. The smallest absolute Gasteiger partial charge is 0.132 e. The monoisotopic (exact) mass is 273 g/mol. The summed E-state index contributed by atoms with van der Waals surface area (Å²) in [7, 11) is 1.54. The summed E-state index contributed by atoms with van der Waals surface area (Å²) in [5.41, 5.74) is 2.87. The van der Waals surface area contributed by atoms with E-state index in [1.54, 1.807) is 12.1 Å². The van der Waals surface area contributed by atoms with E-state index in [1.165, 1.54) is 18.7 Å². The first-order valence-electron chi connectivity index (χ1n) is 6.79. The van der Waals surface area contributed by atoms with Gasteiger partial charge in [0.25, 0.3) is 0 Å². The van der Waals surface area contributed by atoms with Crippen molar-refractivity contribution in [3.63, 3.8) is 0 Å². The van der Waals surface area contributed by atoms with Gasteiger partial charge in [-0.15, -0.1) is 0 Å². The van der Waals surface area contributed by atoms with E-state index in [1.807, 2.05) is 32.0 Å². The van der Waals surface area contributed by atoms with Gasteiger partial charge < -0.3 is 10.1 Å². The van der Waals surface area contributed by atoms with E-state index in [-0.39, 0.29) is 11.9 Å². The molecule has 1 N–H and O–H groups in total. The van der Waals surface area contributed by atoms with Crippen molar-refractivity contribution >= 4 is 0 Å². The highest BCUT2D eigenvalue weighted by molar-refractivity contribution is 5.37. The van der Waals surface area contributed by atoms with Crippen LogP contribution in [0.3, 0.4) is 0 Å². The molecule has 0 heterocycles. The van der Waals surface area contributed by atoms with E-state index in [9.17, 15) is 4.39 Å². The van der Waals surface area contributed by atoms with Gasteiger partial charge in [-0.05, 0) is 25.1 Å². The number of aryl methyl sites for hydroxylation is 1. The summed E-state index contributed by atoms with van der Waals surface area (Å²) < 4.78 is 19.3. The molecule has 1 unspecified atom stereocenters. The Morgan fingerprint density at radius 1 is 1.20 bits per heavy atom. The highest BCUT2D eigenvalue weighted by Gasteiger charge is 2.17. The predicted molar refractivity (Wildman–Crippen MR) is 79.7 cm³/mol. The molecular weight excluding hydrogens is 253 g/mol. The molecule has 3 heteroatoms. The molecule has 0 aliphatic carbocycles. The van der Waals surface area contributed by atoms with Gasteiger partial charge in [0.1, 0.15) is 11.6 Å². The maximum atomic E-state index is 14.3. The lowest BCUT2D eigenvalue weighted by Crippen LogP contribution is -2.23. The Kier molecular flexibility index (Phi) is 4.74. The number of hydrogen-bond donors (Lipinski definition) is 1. The Hall–Kier alpha value is -1.87. The molecule has 0 radical (unpaired) electrons. The van der Waals surface area contributed by atoms with Crippen LogP contribution in [0.5, 0.6) is 5.75 Å². The third-order valence-electron chi connectivity index (χ3n) is 3.30. The van der Waals surface area contributed by atoms with Gasteiger partial charge in [0.2, 0.25) is 0 Å².